The molecule has 0 atom stereocenters. The molecule has 2 rings (SSSR count). The fourth-order valence-corrected chi connectivity index (χ4v) is 3.43. The van der Waals surface area contributed by atoms with Gasteiger partial charge in [0.1, 0.15) is 5.78 Å². The summed E-state index contributed by atoms with van der Waals surface area (Å²) >= 11 is 0. The van der Waals surface area contributed by atoms with Gasteiger partial charge >= 0.3 is 0 Å². The zero-order chi connectivity index (χ0) is 15.3. The van der Waals surface area contributed by atoms with Crippen molar-refractivity contribution in [2.24, 2.45) is 16.7 Å². The summed E-state index contributed by atoms with van der Waals surface area (Å²) in [5.74, 6) is 0.598. The van der Waals surface area contributed by atoms with Crippen molar-refractivity contribution in [3.8, 4) is 0 Å². The van der Waals surface area contributed by atoms with Gasteiger partial charge in [0.15, 0.2) is 0 Å². The molecule has 1 aromatic carbocycles. The second-order valence-electron chi connectivity index (χ2n) is 8.47. The first kappa shape index (κ1) is 15.3. The van der Waals surface area contributed by atoms with Gasteiger partial charge in [-0.25, -0.2) is 0 Å². The van der Waals surface area contributed by atoms with Gasteiger partial charge < -0.3 is 0 Å². The van der Waals surface area contributed by atoms with Gasteiger partial charge in [-0.15, -0.1) is 0 Å². The molecule has 0 aromatic heterocycles. The second kappa shape index (κ2) is 4.44. The zero-order valence-electron chi connectivity index (χ0n) is 14.0. The molecular formula is C19H28O. The average Bonchev–Trinajstić information content (AvgIpc) is 2.68. The molecular weight excluding hydrogens is 244 g/mol. The average molecular weight is 272 g/mol. The van der Waals surface area contributed by atoms with E-state index in [1.54, 1.807) is 0 Å². The number of Topliss-reactive ketones (excluding diaryl/α,β-unsaturated/α-hetero) is 1. The quantitative estimate of drug-likeness (QED) is 0.774. The summed E-state index contributed by atoms with van der Waals surface area (Å²) < 4.78 is 0. The molecule has 0 heterocycles. The predicted octanol–water partition coefficient (Wildman–Crippen LogP) is 4.78. The molecule has 1 nitrogen and oxygen atoms in total. The SMILES string of the molecule is CC(C)(C)c1ccc(CC(=O)C2C(C)(C)C2(C)C)cc1. The molecule has 0 saturated heterocycles. The first-order valence-corrected chi connectivity index (χ1v) is 7.60. The highest BCUT2D eigenvalue weighted by Gasteiger charge is 2.67. The molecule has 1 fully saturated rings. The molecule has 0 bridgehead atoms. The van der Waals surface area contributed by atoms with Gasteiger partial charge in [-0.2, -0.15) is 0 Å². The van der Waals surface area contributed by atoms with Crippen LogP contribution in [0.3, 0.4) is 0 Å². The van der Waals surface area contributed by atoms with E-state index in [1.807, 2.05) is 0 Å². The fourth-order valence-electron chi connectivity index (χ4n) is 3.43. The van der Waals surface area contributed by atoms with Crippen molar-refractivity contribution in [1.82, 2.24) is 0 Å². The number of benzene rings is 1. The number of carbonyl (C=O) groups excluding carboxylic acids is 1. The van der Waals surface area contributed by atoms with Crippen molar-refractivity contribution in [2.75, 3.05) is 0 Å². The Kier molecular flexibility index (Phi) is 3.40. The van der Waals surface area contributed by atoms with E-state index < -0.39 is 0 Å². The molecule has 1 aliphatic rings. The Morgan fingerprint density at radius 3 is 1.80 bits per heavy atom. The monoisotopic (exact) mass is 272 g/mol. The van der Waals surface area contributed by atoms with Gasteiger partial charge in [0.25, 0.3) is 0 Å². The normalized spacial score (nSPS) is 20.8. The molecule has 0 spiro atoms. The Morgan fingerprint density at radius 2 is 1.45 bits per heavy atom. The number of hydrogen-bond acceptors (Lipinski definition) is 1. The van der Waals surface area contributed by atoms with Gasteiger partial charge in [-0.1, -0.05) is 72.7 Å². The van der Waals surface area contributed by atoms with Crippen LogP contribution in [0.25, 0.3) is 0 Å². The minimum Gasteiger partial charge on any atom is -0.299 e. The Balaban J connectivity index is 2.07. The number of hydrogen-bond donors (Lipinski definition) is 0. The molecule has 0 N–H and O–H groups in total. The van der Waals surface area contributed by atoms with E-state index in [0.29, 0.717) is 12.2 Å². The third-order valence-corrected chi connectivity index (χ3v) is 5.54. The summed E-state index contributed by atoms with van der Waals surface area (Å²) in [6.07, 6.45) is 0.571. The lowest BCUT2D eigenvalue weighted by Gasteiger charge is -2.19. The third kappa shape index (κ3) is 2.43. The first-order valence-electron chi connectivity index (χ1n) is 7.60. The smallest absolute Gasteiger partial charge is 0.141 e. The highest BCUT2D eigenvalue weighted by atomic mass is 16.1. The Hall–Kier alpha value is -1.11. The minimum atomic E-state index is 0.148. The molecule has 0 radical (unpaired) electrons. The van der Waals surface area contributed by atoms with E-state index in [4.69, 9.17) is 0 Å². The van der Waals surface area contributed by atoms with E-state index in [-0.39, 0.29) is 22.2 Å². The van der Waals surface area contributed by atoms with Crippen LogP contribution in [0.2, 0.25) is 0 Å². The number of ketones is 1. The lowest BCUT2D eigenvalue weighted by molar-refractivity contribution is -0.120. The maximum Gasteiger partial charge on any atom is 0.141 e. The van der Waals surface area contributed by atoms with Crippen molar-refractivity contribution in [3.63, 3.8) is 0 Å². The van der Waals surface area contributed by atoms with Crippen molar-refractivity contribution in [1.29, 1.82) is 0 Å². The molecule has 0 aliphatic heterocycles. The number of rotatable bonds is 3. The summed E-state index contributed by atoms with van der Waals surface area (Å²) in [5, 5.41) is 0. The third-order valence-electron chi connectivity index (χ3n) is 5.54. The summed E-state index contributed by atoms with van der Waals surface area (Å²) in [6, 6.07) is 8.54. The lowest BCUT2D eigenvalue weighted by Crippen LogP contribution is -2.12. The van der Waals surface area contributed by atoms with Crippen molar-refractivity contribution < 1.29 is 4.79 Å². The summed E-state index contributed by atoms with van der Waals surface area (Å²) in [6.45, 7) is 15.5. The van der Waals surface area contributed by atoms with E-state index in [9.17, 15) is 4.79 Å². The summed E-state index contributed by atoms with van der Waals surface area (Å²) in [5.41, 5.74) is 2.93. The Bertz CT molecular complexity index is 498. The van der Waals surface area contributed by atoms with Gasteiger partial charge in [0.05, 0.1) is 0 Å². The van der Waals surface area contributed by atoms with Crippen molar-refractivity contribution in [3.05, 3.63) is 35.4 Å². The lowest BCUT2D eigenvalue weighted by atomic mass is 9.86. The topological polar surface area (TPSA) is 17.1 Å². The van der Waals surface area contributed by atoms with E-state index >= 15 is 0 Å². The zero-order valence-corrected chi connectivity index (χ0v) is 14.0. The molecule has 1 aliphatic carbocycles. The molecule has 0 unspecified atom stereocenters. The molecule has 1 saturated carbocycles. The molecule has 1 heteroatoms. The predicted molar refractivity (Wildman–Crippen MR) is 84.9 cm³/mol. The molecule has 0 amide bonds. The van der Waals surface area contributed by atoms with Crippen LogP contribution in [0, 0.1) is 16.7 Å². The highest BCUT2D eigenvalue weighted by Crippen LogP contribution is 2.68. The highest BCUT2D eigenvalue weighted by molar-refractivity contribution is 5.88. The van der Waals surface area contributed by atoms with E-state index in [0.717, 1.165) is 5.56 Å². The maximum absolute atomic E-state index is 12.5. The van der Waals surface area contributed by atoms with Crippen LogP contribution in [0.15, 0.2) is 24.3 Å². The van der Waals surface area contributed by atoms with Crippen LogP contribution in [-0.2, 0) is 16.6 Å². The van der Waals surface area contributed by atoms with Gasteiger partial charge in [-0.3, -0.25) is 4.79 Å². The standard InChI is InChI=1S/C19H28O/c1-17(2,3)14-10-8-13(9-11-14)12-15(20)16-18(4,5)19(16,6)7/h8-11,16H,12H2,1-7H3. The van der Waals surface area contributed by atoms with Crippen LogP contribution in [0.1, 0.15) is 59.6 Å². The van der Waals surface area contributed by atoms with Gasteiger partial charge in [0.2, 0.25) is 0 Å². The van der Waals surface area contributed by atoms with E-state index in [2.05, 4.69) is 72.7 Å². The minimum absolute atomic E-state index is 0.148. The molecule has 1 aromatic rings. The summed E-state index contributed by atoms with van der Waals surface area (Å²) in [4.78, 5) is 12.5. The number of carbonyl (C=O) groups is 1. The van der Waals surface area contributed by atoms with E-state index in [1.165, 1.54) is 5.56 Å². The fraction of sp³-hybridized carbons (Fsp3) is 0.632. The van der Waals surface area contributed by atoms with Crippen LogP contribution in [-0.4, -0.2) is 5.78 Å². The maximum atomic E-state index is 12.5. The van der Waals surface area contributed by atoms with Crippen LogP contribution in [0.5, 0.6) is 0 Å². The Morgan fingerprint density at radius 1 is 1.00 bits per heavy atom. The van der Waals surface area contributed by atoms with Gasteiger partial charge in [-0.05, 0) is 27.4 Å². The van der Waals surface area contributed by atoms with Crippen molar-refractivity contribution >= 4 is 5.78 Å². The van der Waals surface area contributed by atoms with Crippen LogP contribution < -0.4 is 0 Å². The second-order valence-corrected chi connectivity index (χ2v) is 8.47. The van der Waals surface area contributed by atoms with Crippen molar-refractivity contribution in [2.45, 2.75) is 60.3 Å². The Labute approximate surface area is 123 Å². The van der Waals surface area contributed by atoms with Crippen LogP contribution >= 0.6 is 0 Å². The van der Waals surface area contributed by atoms with Gasteiger partial charge in [0, 0.05) is 12.3 Å². The summed E-state index contributed by atoms with van der Waals surface area (Å²) in [7, 11) is 0. The first-order chi connectivity index (χ1) is 8.98. The molecule has 110 valence electrons. The largest absolute Gasteiger partial charge is 0.299 e. The van der Waals surface area contributed by atoms with Crippen LogP contribution in [0.4, 0.5) is 0 Å². The molecule has 20 heavy (non-hydrogen) atoms.